The molecule has 0 bridgehead atoms. The van der Waals surface area contributed by atoms with Crippen LogP contribution in [-0.4, -0.2) is 64.4 Å². The van der Waals surface area contributed by atoms with E-state index in [1.54, 1.807) is 19.2 Å². The summed E-state index contributed by atoms with van der Waals surface area (Å²) in [6, 6.07) is 13.9. The van der Waals surface area contributed by atoms with Crippen LogP contribution in [0.3, 0.4) is 0 Å². The van der Waals surface area contributed by atoms with Crippen molar-refractivity contribution in [1.29, 1.82) is 0 Å². The Hall–Kier alpha value is -2.13. The minimum absolute atomic E-state index is 0.0412. The van der Waals surface area contributed by atoms with E-state index < -0.39 is 10.0 Å². The first kappa shape index (κ1) is 24.5. The monoisotopic (exact) mass is 479 g/mol. The van der Waals surface area contributed by atoms with Crippen molar-refractivity contribution < 1.29 is 17.9 Å². The van der Waals surface area contributed by atoms with Gasteiger partial charge in [0.1, 0.15) is 5.75 Å². The third-order valence-electron chi connectivity index (χ3n) is 5.87. The zero-order valence-electron chi connectivity index (χ0n) is 18.6. The van der Waals surface area contributed by atoms with Gasteiger partial charge >= 0.3 is 0 Å². The van der Waals surface area contributed by atoms with Gasteiger partial charge in [-0.25, -0.2) is 8.42 Å². The lowest BCUT2D eigenvalue weighted by Gasteiger charge is -2.31. The minimum Gasteiger partial charge on any atom is -0.496 e. The van der Waals surface area contributed by atoms with Crippen LogP contribution in [0.4, 0.5) is 0 Å². The highest BCUT2D eigenvalue weighted by Gasteiger charge is 2.32. The van der Waals surface area contributed by atoms with E-state index >= 15 is 0 Å². The zero-order valence-corrected chi connectivity index (χ0v) is 20.2. The van der Waals surface area contributed by atoms with Crippen molar-refractivity contribution in [2.45, 2.75) is 23.8 Å². The maximum Gasteiger partial charge on any atom is 0.243 e. The van der Waals surface area contributed by atoms with E-state index in [9.17, 15) is 13.2 Å². The number of amides is 1. The molecule has 32 heavy (non-hydrogen) atoms. The Morgan fingerprint density at radius 1 is 1.16 bits per heavy atom. The predicted octanol–water partition coefficient (Wildman–Crippen LogP) is 3.17. The number of hydrogen-bond acceptors (Lipinski definition) is 5. The largest absolute Gasteiger partial charge is 0.496 e. The number of rotatable bonds is 8. The van der Waals surface area contributed by atoms with Crippen LogP contribution >= 0.6 is 11.6 Å². The molecule has 2 aromatic carbocycles. The van der Waals surface area contributed by atoms with Crippen molar-refractivity contribution >= 4 is 27.5 Å². The molecule has 1 amide bonds. The molecule has 174 valence electrons. The Balaban J connectivity index is 1.58. The van der Waals surface area contributed by atoms with Crippen LogP contribution in [0.5, 0.6) is 5.75 Å². The van der Waals surface area contributed by atoms with Gasteiger partial charge in [0.2, 0.25) is 15.9 Å². The van der Waals surface area contributed by atoms with Gasteiger partial charge in [0.05, 0.1) is 18.0 Å². The Kier molecular flexibility index (Phi) is 8.16. The number of piperidine rings is 1. The maximum absolute atomic E-state index is 12.8. The molecular weight excluding hydrogens is 450 g/mol. The molecule has 1 saturated heterocycles. The zero-order chi connectivity index (χ0) is 23.3. The number of methoxy groups -OCH3 is 1. The number of ether oxygens (including phenoxy) is 1. The van der Waals surface area contributed by atoms with E-state index in [1.165, 1.54) is 16.4 Å². The van der Waals surface area contributed by atoms with Gasteiger partial charge in [-0.3, -0.25) is 4.79 Å². The maximum atomic E-state index is 12.8. The van der Waals surface area contributed by atoms with Crippen molar-refractivity contribution in [1.82, 2.24) is 14.5 Å². The first-order chi connectivity index (χ1) is 15.2. The molecule has 3 rings (SSSR count). The molecule has 1 aliphatic rings. The van der Waals surface area contributed by atoms with Crippen LogP contribution in [0.1, 0.15) is 24.4 Å². The van der Waals surface area contributed by atoms with E-state index in [1.807, 2.05) is 43.3 Å². The molecular formula is C23H30ClN3O4S. The fourth-order valence-electron chi connectivity index (χ4n) is 3.97. The molecule has 1 heterocycles. The summed E-state index contributed by atoms with van der Waals surface area (Å²) in [5, 5.41) is 3.55. The number of halogens is 1. The van der Waals surface area contributed by atoms with E-state index in [0.29, 0.717) is 37.5 Å². The number of likely N-dealkylation sites (N-methyl/N-ethyl adjacent to an activating group) is 1. The highest BCUT2D eigenvalue weighted by atomic mass is 35.5. The molecule has 0 spiro atoms. The topological polar surface area (TPSA) is 79.0 Å². The molecule has 2 aromatic rings. The predicted molar refractivity (Wildman–Crippen MR) is 125 cm³/mol. The van der Waals surface area contributed by atoms with Crippen LogP contribution in [0, 0.1) is 5.92 Å². The van der Waals surface area contributed by atoms with Gasteiger partial charge in [0.25, 0.3) is 0 Å². The Morgan fingerprint density at radius 2 is 1.78 bits per heavy atom. The standard InChI is InChI=1S/C23H30ClN3O4S/c1-26(2)21(20-6-4-5-7-22(20)31-3)16-25-23(28)17-12-14-27(15-13-17)32(29,30)19-10-8-18(24)9-11-19/h4-11,17,21H,12-16H2,1-3H3,(H,25,28). The molecule has 0 radical (unpaired) electrons. The van der Waals surface area contributed by atoms with Crippen LogP contribution in [-0.2, 0) is 14.8 Å². The number of hydrogen-bond donors (Lipinski definition) is 1. The molecule has 9 heteroatoms. The smallest absolute Gasteiger partial charge is 0.243 e. The van der Waals surface area contributed by atoms with Crippen molar-refractivity contribution in [2.75, 3.05) is 40.8 Å². The minimum atomic E-state index is -3.59. The molecule has 1 N–H and O–H groups in total. The Bertz CT molecular complexity index is 1020. The third kappa shape index (κ3) is 5.61. The van der Waals surface area contributed by atoms with Gasteiger partial charge in [-0.05, 0) is 57.3 Å². The van der Waals surface area contributed by atoms with E-state index in [2.05, 4.69) is 5.32 Å². The summed E-state index contributed by atoms with van der Waals surface area (Å²) >= 11 is 5.87. The van der Waals surface area contributed by atoms with Crippen molar-refractivity contribution in [3.8, 4) is 5.75 Å². The van der Waals surface area contributed by atoms with E-state index in [4.69, 9.17) is 16.3 Å². The van der Waals surface area contributed by atoms with Crippen LogP contribution in [0.15, 0.2) is 53.4 Å². The molecule has 0 saturated carbocycles. The summed E-state index contributed by atoms with van der Waals surface area (Å²) < 4.78 is 32.6. The van der Waals surface area contributed by atoms with Gasteiger partial charge in [-0.2, -0.15) is 4.31 Å². The highest BCUT2D eigenvalue weighted by Crippen LogP contribution is 2.28. The second-order valence-corrected chi connectivity index (χ2v) is 10.5. The van der Waals surface area contributed by atoms with Crippen LogP contribution in [0.2, 0.25) is 5.02 Å². The van der Waals surface area contributed by atoms with Gasteiger partial charge in [0, 0.05) is 36.1 Å². The first-order valence-corrected chi connectivity index (χ1v) is 12.4. The van der Waals surface area contributed by atoms with Crippen molar-refractivity contribution in [3.63, 3.8) is 0 Å². The fraction of sp³-hybridized carbons (Fsp3) is 0.435. The molecule has 7 nitrogen and oxygen atoms in total. The quantitative estimate of drug-likeness (QED) is 0.629. The Morgan fingerprint density at radius 3 is 2.38 bits per heavy atom. The van der Waals surface area contributed by atoms with Crippen molar-refractivity contribution in [2.24, 2.45) is 5.92 Å². The van der Waals surface area contributed by atoms with Crippen molar-refractivity contribution in [3.05, 3.63) is 59.1 Å². The lowest BCUT2D eigenvalue weighted by Crippen LogP contribution is -2.44. The van der Waals surface area contributed by atoms with E-state index in [-0.39, 0.29) is 22.8 Å². The summed E-state index contributed by atoms with van der Waals surface area (Å²) in [6.45, 7) is 1.06. The number of nitrogens with one attached hydrogen (secondary N) is 1. The average Bonchev–Trinajstić information content (AvgIpc) is 2.79. The molecule has 1 fully saturated rings. The molecule has 0 aromatic heterocycles. The summed E-state index contributed by atoms with van der Waals surface area (Å²) in [5.74, 6) is 0.517. The summed E-state index contributed by atoms with van der Waals surface area (Å²) in [6.07, 6.45) is 0.972. The number of benzene rings is 2. The lowest BCUT2D eigenvalue weighted by molar-refractivity contribution is -0.126. The lowest BCUT2D eigenvalue weighted by atomic mass is 9.97. The number of nitrogens with zero attached hydrogens (tertiary/aromatic N) is 2. The van der Waals surface area contributed by atoms with Gasteiger partial charge < -0.3 is 15.0 Å². The van der Waals surface area contributed by atoms with Crippen LogP contribution in [0.25, 0.3) is 0 Å². The number of carbonyl (C=O) groups is 1. The molecule has 1 atom stereocenters. The second-order valence-electron chi connectivity index (χ2n) is 8.10. The third-order valence-corrected chi connectivity index (χ3v) is 8.03. The van der Waals surface area contributed by atoms with E-state index in [0.717, 1.165) is 11.3 Å². The molecule has 1 unspecified atom stereocenters. The summed E-state index contributed by atoms with van der Waals surface area (Å²) in [7, 11) is 1.97. The number of carbonyl (C=O) groups excluding carboxylic acids is 1. The van der Waals surface area contributed by atoms with Crippen LogP contribution < -0.4 is 10.1 Å². The summed E-state index contributed by atoms with van der Waals surface area (Å²) in [5.41, 5.74) is 1.00. The fourth-order valence-corrected chi connectivity index (χ4v) is 5.56. The molecule has 0 aliphatic carbocycles. The van der Waals surface area contributed by atoms with Gasteiger partial charge in [-0.1, -0.05) is 29.8 Å². The Labute approximate surface area is 195 Å². The number of sulfonamides is 1. The highest BCUT2D eigenvalue weighted by molar-refractivity contribution is 7.89. The number of para-hydroxylation sites is 1. The summed E-state index contributed by atoms with van der Waals surface area (Å²) in [4.78, 5) is 15.1. The first-order valence-electron chi connectivity index (χ1n) is 10.6. The molecule has 1 aliphatic heterocycles. The van der Waals surface area contributed by atoms with Gasteiger partial charge in [0.15, 0.2) is 0 Å². The normalized spacial score (nSPS) is 16.7. The second kappa shape index (κ2) is 10.7. The SMILES string of the molecule is COc1ccccc1C(CNC(=O)C1CCN(S(=O)(=O)c2ccc(Cl)cc2)CC1)N(C)C. The average molecular weight is 480 g/mol. The van der Waals surface area contributed by atoms with Gasteiger partial charge in [-0.15, -0.1) is 0 Å².